The van der Waals surface area contributed by atoms with E-state index in [1.807, 2.05) is 18.4 Å². The third-order valence-corrected chi connectivity index (χ3v) is 5.43. The van der Waals surface area contributed by atoms with Crippen molar-refractivity contribution in [3.63, 3.8) is 0 Å². The van der Waals surface area contributed by atoms with Gasteiger partial charge in [0.1, 0.15) is 11.6 Å². The van der Waals surface area contributed by atoms with Gasteiger partial charge in [-0.05, 0) is 37.6 Å². The molecule has 0 saturated carbocycles. The fraction of sp³-hybridized carbons (Fsp3) is 0.444. The molecule has 2 heterocycles. The van der Waals surface area contributed by atoms with Crippen molar-refractivity contribution in [2.45, 2.75) is 37.9 Å². The van der Waals surface area contributed by atoms with Gasteiger partial charge in [0.2, 0.25) is 11.8 Å². The predicted octanol–water partition coefficient (Wildman–Crippen LogP) is 1.95. The van der Waals surface area contributed by atoms with Gasteiger partial charge in [-0.15, -0.1) is 10.2 Å². The molecule has 0 fully saturated rings. The molecule has 0 unspecified atom stereocenters. The molecule has 0 radical (unpaired) electrons. The highest BCUT2D eigenvalue weighted by molar-refractivity contribution is 7.99. The maximum Gasteiger partial charge on any atom is 0.228 e. The lowest BCUT2D eigenvalue weighted by Crippen LogP contribution is -2.36. The SMILES string of the molecule is CCn1c(C)nnc1SCCNC(=O)[C@@H]1CC(=O)Nc2ccc(OC)cc21. The molecule has 1 aliphatic heterocycles. The maximum absolute atomic E-state index is 12.7. The standard InChI is InChI=1S/C18H23N5O3S/c1-4-23-11(2)21-22-18(23)27-8-7-19-17(25)14-10-16(24)20-15-6-5-12(26-3)9-13(14)15/h5-6,9,14H,4,7-8,10H2,1-3H3,(H,19,25)(H,20,24)/t14-/m1/s1. The van der Waals surface area contributed by atoms with E-state index in [2.05, 4.69) is 20.8 Å². The normalized spacial score (nSPS) is 15.8. The van der Waals surface area contributed by atoms with Crippen molar-refractivity contribution in [1.29, 1.82) is 0 Å². The minimum absolute atomic E-state index is 0.127. The molecule has 0 saturated heterocycles. The van der Waals surface area contributed by atoms with Crippen LogP contribution in [0.3, 0.4) is 0 Å². The van der Waals surface area contributed by atoms with E-state index in [9.17, 15) is 9.59 Å². The Balaban J connectivity index is 1.60. The molecule has 2 amide bonds. The number of ether oxygens (including phenoxy) is 1. The Labute approximate surface area is 162 Å². The van der Waals surface area contributed by atoms with E-state index in [1.54, 1.807) is 37.1 Å². The zero-order valence-electron chi connectivity index (χ0n) is 15.6. The predicted molar refractivity (Wildman–Crippen MR) is 103 cm³/mol. The first kappa shape index (κ1) is 19.2. The van der Waals surface area contributed by atoms with Crippen LogP contribution in [-0.2, 0) is 16.1 Å². The molecule has 1 aromatic heterocycles. The summed E-state index contributed by atoms with van der Waals surface area (Å²) < 4.78 is 7.27. The second-order valence-electron chi connectivity index (χ2n) is 6.17. The summed E-state index contributed by atoms with van der Waals surface area (Å²) in [6.07, 6.45) is 0.127. The number of anilines is 1. The summed E-state index contributed by atoms with van der Waals surface area (Å²) in [6, 6.07) is 5.34. The summed E-state index contributed by atoms with van der Waals surface area (Å²) >= 11 is 1.55. The van der Waals surface area contributed by atoms with Crippen LogP contribution in [0.1, 0.15) is 30.7 Å². The number of aryl methyl sites for hydroxylation is 1. The lowest BCUT2D eigenvalue weighted by Gasteiger charge is -2.25. The second-order valence-corrected chi connectivity index (χ2v) is 7.23. The lowest BCUT2D eigenvalue weighted by molar-refractivity contribution is -0.126. The highest BCUT2D eigenvalue weighted by atomic mass is 32.2. The van der Waals surface area contributed by atoms with Gasteiger partial charge in [-0.25, -0.2) is 0 Å². The molecule has 9 heteroatoms. The summed E-state index contributed by atoms with van der Waals surface area (Å²) in [5.41, 5.74) is 1.44. The Morgan fingerprint density at radius 2 is 2.26 bits per heavy atom. The molecule has 1 aromatic carbocycles. The monoisotopic (exact) mass is 389 g/mol. The first-order valence-corrected chi connectivity index (χ1v) is 9.80. The summed E-state index contributed by atoms with van der Waals surface area (Å²) in [7, 11) is 1.58. The van der Waals surface area contributed by atoms with Crippen molar-refractivity contribution in [2.24, 2.45) is 0 Å². The van der Waals surface area contributed by atoms with E-state index in [0.717, 1.165) is 23.1 Å². The van der Waals surface area contributed by atoms with Crippen molar-refractivity contribution in [1.82, 2.24) is 20.1 Å². The molecular formula is C18H23N5O3S. The van der Waals surface area contributed by atoms with Gasteiger partial charge in [-0.1, -0.05) is 11.8 Å². The molecule has 2 aromatic rings. The van der Waals surface area contributed by atoms with Gasteiger partial charge in [0, 0.05) is 31.0 Å². The molecule has 0 bridgehead atoms. The van der Waals surface area contributed by atoms with Gasteiger partial charge in [0.25, 0.3) is 0 Å². The van der Waals surface area contributed by atoms with E-state index in [4.69, 9.17) is 4.74 Å². The number of fused-ring (bicyclic) bond motifs is 1. The second kappa shape index (κ2) is 8.43. The van der Waals surface area contributed by atoms with Gasteiger partial charge in [-0.2, -0.15) is 0 Å². The summed E-state index contributed by atoms with van der Waals surface area (Å²) in [5.74, 6) is 1.38. The van der Waals surface area contributed by atoms with Gasteiger partial charge < -0.3 is 19.9 Å². The Morgan fingerprint density at radius 3 is 3.00 bits per heavy atom. The highest BCUT2D eigenvalue weighted by Gasteiger charge is 2.30. The van der Waals surface area contributed by atoms with Gasteiger partial charge in [0.15, 0.2) is 5.16 Å². The van der Waals surface area contributed by atoms with E-state index in [1.165, 1.54) is 0 Å². The lowest BCUT2D eigenvalue weighted by atomic mass is 9.89. The largest absolute Gasteiger partial charge is 0.497 e. The third kappa shape index (κ3) is 4.24. The molecule has 144 valence electrons. The molecule has 1 atom stereocenters. The number of methoxy groups -OCH3 is 1. The van der Waals surface area contributed by atoms with Crippen LogP contribution in [0.25, 0.3) is 0 Å². The first-order valence-electron chi connectivity index (χ1n) is 8.81. The third-order valence-electron chi connectivity index (χ3n) is 4.46. The zero-order chi connectivity index (χ0) is 19.4. The van der Waals surface area contributed by atoms with Crippen molar-refractivity contribution in [3.8, 4) is 5.75 Å². The number of hydrogen-bond acceptors (Lipinski definition) is 6. The Kier molecular flexibility index (Phi) is 6.00. The van der Waals surface area contributed by atoms with Crippen LogP contribution >= 0.6 is 11.8 Å². The van der Waals surface area contributed by atoms with Gasteiger partial charge in [0.05, 0.1) is 13.0 Å². The van der Waals surface area contributed by atoms with E-state index in [0.29, 0.717) is 23.7 Å². The van der Waals surface area contributed by atoms with Crippen LogP contribution in [-0.4, -0.2) is 46.0 Å². The summed E-state index contributed by atoms with van der Waals surface area (Å²) in [5, 5.41) is 14.8. The number of nitrogens with one attached hydrogen (secondary N) is 2. The fourth-order valence-electron chi connectivity index (χ4n) is 3.07. The number of benzene rings is 1. The van der Waals surface area contributed by atoms with Crippen LogP contribution in [0.4, 0.5) is 5.69 Å². The number of thioether (sulfide) groups is 1. The quantitative estimate of drug-likeness (QED) is 0.555. The zero-order valence-corrected chi connectivity index (χ0v) is 16.4. The molecular weight excluding hydrogens is 366 g/mol. The average Bonchev–Trinajstić information content (AvgIpc) is 3.03. The van der Waals surface area contributed by atoms with Crippen LogP contribution in [0.2, 0.25) is 0 Å². The van der Waals surface area contributed by atoms with Crippen molar-refractivity contribution in [3.05, 3.63) is 29.6 Å². The minimum Gasteiger partial charge on any atom is -0.497 e. The average molecular weight is 389 g/mol. The molecule has 8 nitrogen and oxygen atoms in total. The van der Waals surface area contributed by atoms with Crippen LogP contribution in [0.5, 0.6) is 5.75 Å². The fourth-order valence-corrected chi connectivity index (χ4v) is 3.97. The smallest absolute Gasteiger partial charge is 0.228 e. The van der Waals surface area contributed by atoms with E-state index < -0.39 is 5.92 Å². The van der Waals surface area contributed by atoms with E-state index in [-0.39, 0.29) is 18.2 Å². The minimum atomic E-state index is -0.518. The molecule has 3 rings (SSSR count). The number of nitrogens with zero attached hydrogens (tertiary/aromatic N) is 3. The van der Waals surface area contributed by atoms with Crippen LogP contribution in [0, 0.1) is 6.92 Å². The molecule has 2 N–H and O–H groups in total. The number of carbonyl (C=O) groups is 2. The van der Waals surface area contributed by atoms with Crippen LogP contribution < -0.4 is 15.4 Å². The topological polar surface area (TPSA) is 98.1 Å². The van der Waals surface area contributed by atoms with Gasteiger partial charge >= 0.3 is 0 Å². The molecule has 27 heavy (non-hydrogen) atoms. The van der Waals surface area contributed by atoms with Crippen molar-refractivity contribution in [2.75, 3.05) is 24.7 Å². The molecule has 0 spiro atoms. The number of rotatable bonds is 7. The van der Waals surface area contributed by atoms with Crippen molar-refractivity contribution >= 4 is 29.3 Å². The maximum atomic E-state index is 12.7. The summed E-state index contributed by atoms with van der Waals surface area (Å²) in [6.45, 7) is 5.25. The van der Waals surface area contributed by atoms with E-state index >= 15 is 0 Å². The van der Waals surface area contributed by atoms with Gasteiger partial charge in [-0.3, -0.25) is 9.59 Å². The number of carbonyl (C=O) groups excluding carboxylic acids is 2. The Bertz CT molecular complexity index is 852. The van der Waals surface area contributed by atoms with Crippen LogP contribution in [0.15, 0.2) is 23.4 Å². The number of hydrogen-bond donors (Lipinski definition) is 2. The number of aromatic nitrogens is 3. The Morgan fingerprint density at radius 1 is 1.44 bits per heavy atom. The number of amides is 2. The molecule has 0 aliphatic carbocycles. The first-order chi connectivity index (χ1) is 13.0. The van der Waals surface area contributed by atoms with Crippen molar-refractivity contribution < 1.29 is 14.3 Å². The summed E-state index contributed by atoms with van der Waals surface area (Å²) in [4.78, 5) is 24.6. The Hall–Kier alpha value is -2.55. The molecule has 1 aliphatic rings. The highest BCUT2D eigenvalue weighted by Crippen LogP contribution is 2.35.